The summed E-state index contributed by atoms with van der Waals surface area (Å²) in [5.41, 5.74) is 5.74. The summed E-state index contributed by atoms with van der Waals surface area (Å²) in [7, 11) is 0. The standard InChI is InChI=1S/C11H13N5O2/c12-7-3-8(14-11(13-7)6-1-2-6)16-4-9(17)15-10(18)5-16/h3,6H,1-2,4-5H2,(H2,12,13,14)(H,15,17,18). The van der Waals surface area contributed by atoms with Gasteiger partial charge in [0.15, 0.2) is 0 Å². The quantitative estimate of drug-likeness (QED) is 0.677. The number of anilines is 2. The molecular weight excluding hydrogens is 234 g/mol. The molecule has 0 bridgehead atoms. The molecule has 1 saturated carbocycles. The lowest BCUT2D eigenvalue weighted by atomic mass is 10.3. The minimum Gasteiger partial charge on any atom is -0.384 e. The number of aromatic nitrogens is 2. The summed E-state index contributed by atoms with van der Waals surface area (Å²) in [6, 6.07) is 1.60. The first-order chi connectivity index (χ1) is 8.61. The van der Waals surface area contributed by atoms with Gasteiger partial charge in [-0.2, -0.15) is 0 Å². The Kier molecular flexibility index (Phi) is 2.39. The van der Waals surface area contributed by atoms with Crippen LogP contribution in [0.15, 0.2) is 6.07 Å². The highest BCUT2D eigenvalue weighted by molar-refractivity contribution is 6.02. The minimum atomic E-state index is -0.323. The van der Waals surface area contributed by atoms with Gasteiger partial charge < -0.3 is 10.6 Å². The maximum absolute atomic E-state index is 11.3. The largest absolute Gasteiger partial charge is 0.384 e. The average Bonchev–Trinajstić information content (AvgIpc) is 3.10. The molecule has 0 spiro atoms. The van der Waals surface area contributed by atoms with Crippen molar-refractivity contribution < 1.29 is 9.59 Å². The fourth-order valence-electron chi connectivity index (χ4n) is 1.96. The smallest absolute Gasteiger partial charge is 0.246 e. The molecule has 2 fully saturated rings. The molecule has 0 atom stereocenters. The van der Waals surface area contributed by atoms with Crippen LogP contribution < -0.4 is 16.0 Å². The molecule has 0 unspecified atom stereocenters. The normalized spacial score (nSPS) is 19.9. The van der Waals surface area contributed by atoms with Crippen molar-refractivity contribution in [2.24, 2.45) is 0 Å². The van der Waals surface area contributed by atoms with Gasteiger partial charge in [-0.25, -0.2) is 9.97 Å². The van der Waals surface area contributed by atoms with E-state index in [-0.39, 0.29) is 24.9 Å². The Bertz CT molecular complexity index is 510. The summed E-state index contributed by atoms with van der Waals surface area (Å²) in [5.74, 6) is 1.37. The molecule has 1 saturated heterocycles. The van der Waals surface area contributed by atoms with E-state index in [0.717, 1.165) is 12.8 Å². The lowest BCUT2D eigenvalue weighted by Crippen LogP contribution is -2.51. The Balaban J connectivity index is 1.90. The zero-order valence-electron chi connectivity index (χ0n) is 9.72. The van der Waals surface area contributed by atoms with Crippen LogP contribution in [-0.4, -0.2) is 34.9 Å². The molecule has 18 heavy (non-hydrogen) atoms. The fourth-order valence-corrected chi connectivity index (χ4v) is 1.96. The molecule has 1 aromatic rings. The molecule has 1 aromatic heterocycles. The molecule has 0 aromatic carbocycles. The molecule has 1 aliphatic heterocycles. The van der Waals surface area contributed by atoms with Crippen LogP contribution in [-0.2, 0) is 9.59 Å². The van der Waals surface area contributed by atoms with Crippen LogP contribution in [0.3, 0.4) is 0 Å². The van der Waals surface area contributed by atoms with Gasteiger partial charge in [-0.15, -0.1) is 0 Å². The molecule has 7 nitrogen and oxygen atoms in total. The Hall–Kier alpha value is -2.18. The third kappa shape index (κ3) is 2.11. The van der Waals surface area contributed by atoms with Crippen LogP contribution in [0.1, 0.15) is 24.6 Å². The Morgan fingerprint density at radius 2 is 1.89 bits per heavy atom. The van der Waals surface area contributed by atoms with Crippen molar-refractivity contribution in [3.8, 4) is 0 Å². The summed E-state index contributed by atoms with van der Waals surface area (Å²) >= 11 is 0. The number of carbonyl (C=O) groups is 2. The number of hydrogen-bond acceptors (Lipinski definition) is 6. The Morgan fingerprint density at radius 3 is 2.50 bits per heavy atom. The fraction of sp³-hybridized carbons (Fsp3) is 0.455. The molecule has 7 heteroatoms. The Labute approximate surface area is 103 Å². The van der Waals surface area contributed by atoms with Crippen LogP contribution >= 0.6 is 0 Å². The number of hydrogen-bond donors (Lipinski definition) is 2. The van der Waals surface area contributed by atoms with E-state index in [1.807, 2.05) is 0 Å². The molecule has 3 N–H and O–H groups in total. The van der Waals surface area contributed by atoms with Gasteiger partial charge in [0, 0.05) is 12.0 Å². The second kappa shape index (κ2) is 3.94. The summed E-state index contributed by atoms with van der Waals surface area (Å²) < 4.78 is 0. The minimum absolute atomic E-state index is 0.117. The van der Waals surface area contributed by atoms with Crippen LogP contribution in [0, 0.1) is 0 Å². The van der Waals surface area contributed by atoms with Crippen LogP contribution in [0.25, 0.3) is 0 Å². The van der Waals surface area contributed by atoms with Gasteiger partial charge in [-0.05, 0) is 12.8 Å². The van der Waals surface area contributed by atoms with Crippen LogP contribution in [0.5, 0.6) is 0 Å². The third-order valence-electron chi connectivity index (χ3n) is 2.96. The first-order valence-electron chi connectivity index (χ1n) is 5.84. The van der Waals surface area contributed by atoms with Crippen LogP contribution in [0.4, 0.5) is 11.6 Å². The topological polar surface area (TPSA) is 101 Å². The van der Waals surface area contributed by atoms with E-state index >= 15 is 0 Å². The van der Waals surface area contributed by atoms with E-state index in [2.05, 4.69) is 15.3 Å². The summed E-state index contributed by atoms with van der Waals surface area (Å²) in [6.07, 6.45) is 2.14. The van der Waals surface area contributed by atoms with Gasteiger partial charge in [0.25, 0.3) is 0 Å². The van der Waals surface area contributed by atoms with E-state index in [1.165, 1.54) is 0 Å². The maximum Gasteiger partial charge on any atom is 0.246 e. The molecule has 2 amide bonds. The highest BCUT2D eigenvalue weighted by Crippen LogP contribution is 2.38. The SMILES string of the molecule is Nc1cc(N2CC(=O)NC(=O)C2)nc(C2CC2)n1. The first-order valence-corrected chi connectivity index (χ1v) is 5.84. The zero-order chi connectivity index (χ0) is 12.7. The third-order valence-corrected chi connectivity index (χ3v) is 2.96. The van der Waals surface area contributed by atoms with Gasteiger partial charge in [-0.1, -0.05) is 0 Å². The van der Waals surface area contributed by atoms with Crippen molar-refractivity contribution in [1.29, 1.82) is 0 Å². The number of rotatable bonds is 2. The highest BCUT2D eigenvalue weighted by Gasteiger charge is 2.29. The Morgan fingerprint density at radius 1 is 1.22 bits per heavy atom. The number of nitrogens with zero attached hydrogens (tertiary/aromatic N) is 3. The first kappa shape index (κ1) is 10.9. The number of piperazine rings is 1. The second-order valence-electron chi connectivity index (χ2n) is 4.61. The van der Waals surface area contributed by atoms with Crippen molar-refractivity contribution in [3.05, 3.63) is 11.9 Å². The average molecular weight is 247 g/mol. The number of imide groups is 1. The van der Waals surface area contributed by atoms with E-state index in [4.69, 9.17) is 5.73 Å². The summed E-state index contributed by atoms with van der Waals surface area (Å²) in [4.78, 5) is 32.8. The van der Waals surface area contributed by atoms with Gasteiger partial charge in [0.1, 0.15) is 17.5 Å². The number of carbonyl (C=O) groups excluding carboxylic acids is 2. The van der Waals surface area contributed by atoms with Gasteiger partial charge in [-0.3, -0.25) is 14.9 Å². The monoisotopic (exact) mass is 247 g/mol. The van der Waals surface area contributed by atoms with E-state index in [0.29, 0.717) is 23.4 Å². The summed E-state index contributed by atoms with van der Waals surface area (Å²) in [5, 5.41) is 2.25. The lowest BCUT2D eigenvalue weighted by Gasteiger charge is -2.26. The second-order valence-corrected chi connectivity index (χ2v) is 4.61. The summed E-state index contributed by atoms with van der Waals surface area (Å²) in [6.45, 7) is 0.235. The van der Waals surface area contributed by atoms with Crippen LogP contribution in [0.2, 0.25) is 0 Å². The van der Waals surface area contributed by atoms with E-state index in [9.17, 15) is 9.59 Å². The van der Waals surface area contributed by atoms with Crippen molar-refractivity contribution >= 4 is 23.5 Å². The molecule has 0 radical (unpaired) electrons. The number of nitrogens with one attached hydrogen (secondary N) is 1. The molecule has 2 heterocycles. The van der Waals surface area contributed by atoms with Gasteiger partial charge in [0.2, 0.25) is 11.8 Å². The molecule has 94 valence electrons. The van der Waals surface area contributed by atoms with Gasteiger partial charge in [0.05, 0.1) is 13.1 Å². The molecule has 1 aliphatic carbocycles. The molecule has 3 rings (SSSR count). The van der Waals surface area contributed by atoms with Crippen molar-refractivity contribution in [2.45, 2.75) is 18.8 Å². The zero-order valence-corrected chi connectivity index (χ0v) is 9.72. The van der Waals surface area contributed by atoms with E-state index < -0.39 is 0 Å². The number of amides is 2. The number of nitrogen functional groups attached to an aromatic ring is 1. The maximum atomic E-state index is 11.3. The molecular formula is C11H13N5O2. The lowest BCUT2D eigenvalue weighted by molar-refractivity contribution is -0.130. The van der Waals surface area contributed by atoms with Gasteiger partial charge >= 0.3 is 0 Å². The van der Waals surface area contributed by atoms with Crippen molar-refractivity contribution in [2.75, 3.05) is 23.7 Å². The molecule has 2 aliphatic rings. The number of nitrogens with two attached hydrogens (primary N) is 1. The van der Waals surface area contributed by atoms with E-state index in [1.54, 1.807) is 11.0 Å². The highest BCUT2D eigenvalue weighted by atomic mass is 16.2. The predicted octanol–water partition coefficient (Wildman–Crippen LogP) is -0.601. The van der Waals surface area contributed by atoms with Crippen molar-refractivity contribution in [1.82, 2.24) is 15.3 Å². The predicted molar refractivity (Wildman–Crippen MR) is 63.8 cm³/mol. The van der Waals surface area contributed by atoms with Crippen molar-refractivity contribution in [3.63, 3.8) is 0 Å².